The number of phenols is 1. The summed E-state index contributed by atoms with van der Waals surface area (Å²) < 4.78 is 4.41. The molecule has 15 heavy (non-hydrogen) atoms. The van der Waals surface area contributed by atoms with Gasteiger partial charge in [-0.2, -0.15) is 5.26 Å². The van der Waals surface area contributed by atoms with Gasteiger partial charge in [-0.1, -0.05) is 0 Å². The number of methoxy groups -OCH3 is 1. The Morgan fingerprint density at radius 2 is 2.27 bits per heavy atom. The maximum atomic E-state index is 11.2. The van der Waals surface area contributed by atoms with Gasteiger partial charge in [-0.25, -0.2) is 4.79 Å². The summed E-state index contributed by atoms with van der Waals surface area (Å²) >= 11 is 0. The van der Waals surface area contributed by atoms with Crippen LogP contribution in [-0.2, 0) is 4.74 Å². The van der Waals surface area contributed by atoms with E-state index in [-0.39, 0.29) is 16.7 Å². The van der Waals surface area contributed by atoms with Crippen LogP contribution in [0.5, 0.6) is 5.75 Å². The molecule has 0 fully saturated rings. The highest BCUT2D eigenvalue weighted by molar-refractivity contribution is 6.00. The van der Waals surface area contributed by atoms with Crippen LogP contribution in [0.1, 0.15) is 26.3 Å². The molecule has 1 aromatic carbocycles. The molecule has 76 valence electrons. The number of hydrogen-bond acceptors (Lipinski definition) is 5. The van der Waals surface area contributed by atoms with Crippen LogP contribution in [0.2, 0.25) is 0 Å². The summed E-state index contributed by atoms with van der Waals surface area (Å²) in [6, 6.07) is 4.05. The summed E-state index contributed by atoms with van der Waals surface area (Å²) in [4.78, 5) is 21.8. The molecule has 0 unspecified atom stereocenters. The van der Waals surface area contributed by atoms with Crippen molar-refractivity contribution in [3.8, 4) is 11.8 Å². The standard InChI is InChI=1S/C10H7NO4/c1-15-10(14)7-2-6(4-11)3-9(13)8(7)5-12/h2-3,5,13H,1H3. The van der Waals surface area contributed by atoms with E-state index in [1.54, 1.807) is 6.07 Å². The zero-order valence-corrected chi connectivity index (χ0v) is 7.85. The number of nitriles is 1. The fraction of sp³-hybridized carbons (Fsp3) is 0.100. The smallest absolute Gasteiger partial charge is 0.338 e. The summed E-state index contributed by atoms with van der Waals surface area (Å²) in [6.07, 6.45) is 0.336. The van der Waals surface area contributed by atoms with Crippen LogP contribution < -0.4 is 0 Å². The van der Waals surface area contributed by atoms with Gasteiger partial charge in [-0.3, -0.25) is 4.79 Å². The van der Waals surface area contributed by atoms with Crippen LogP contribution in [0.4, 0.5) is 0 Å². The molecule has 0 radical (unpaired) electrons. The first-order chi connectivity index (χ1) is 7.13. The summed E-state index contributed by atoms with van der Waals surface area (Å²) in [5.74, 6) is -1.19. The normalized spacial score (nSPS) is 9.07. The van der Waals surface area contributed by atoms with Crippen molar-refractivity contribution in [2.75, 3.05) is 7.11 Å². The molecule has 5 heteroatoms. The fourth-order valence-corrected chi connectivity index (χ4v) is 1.11. The van der Waals surface area contributed by atoms with Crippen molar-refractivity contribution in [1.82, 2.24) is 0 Å². The number of aldehydes is 1. The second-order valence-corrected chi connectivity index (χ2v) is 2.68. The molecule has 0 amide bonds. The zero-order chi connectivity index (χ0) is 11.4. The molecule has 0 saturated heterocycles. The van der Waals surface area contributed by atoms with Gasteiger partial charge in [0.2, 0.25) is 0 Å². The number of carbonyl (C=O) groups is 2. The van der Waals surface area contributed by atoms with Crippen LogP contribution in [0.15, 0.2) is 12.1 Å². The number of rotatable bonds is 2. The SMILES string of the molecule is COC(=O)c1cc(C#N)cc(O)c1C=O. The lowest BCUT2D eigenvalue weighted by Gasteiger charge is -2.04. The molecule has 5 nitrogen and oxygen atoms in total. The van der Waals surface area contributed by atoms with Crippen LogP contribution in [0, 0.1) is 11.3 Å². The van der Waals surface area contributed by atoms with E-state index in [1.165, 1.54) is 6.07 Å². The number of hydrogen-bond donors (Lipinski definition) is 1. The van der Waals surface area contributed by atoms with Crippen molar-refractivity contribution in [2.45, 2.75) is 0 Å². The Morgan fingerprint density at radius 3 is 2.73 bits per heavy atom. The van der Waals surface area contributed by atoms with E-state index in [0.717, 1.165) is 13.2 Å². The lowest BCUT2D eigenvalue weighted by atomic mass is 10.0. The summed E-state index contributed by atoms with van der Waals surface area (Å²) in [7, 11) is 1.15. The molecule has 0 spiro atoms. The van der Waals surface area contributed by atoms with Gasteiger partial charge in [0.25, 0.3) is 0 Å². The number of benzene rings is 1. The van der Waals surface area contributed by atoms with Crippen molar-refractivity contribution in [2.24, 2.45) is 0 Å². The Kier molecular flexibility index (Phi) is 3.03. The maximum Gasteiger partial charge on any atom is 0.338 e. The largest absolute Gasteiger partial charge is 0.507 e. The zero-order valence-electron chi connectivity index (χ0n) is 7.85. The third-order valence-corrected chi connectivity index (χ3v) is 1.81. The molecule has 0 aliphatic heterocycles. The third kappa shape index (κ3) is 1.94. The van der Waals surface area contributed by atoms with Crippen molar-refractivity contribution in [1.29, 1.82) is 5.26 Å². The lowest BCUT2D eigenvalue weighted by molar-refractivity contribution is 0.0597. The van der Waals surface area contributed by atoms with Gasteiger partial charge in [-0.15, -0.1) is 0 Å². The Labute approximate surface area is 85.5 Å². The van der Waals surface area contributed by atoms with Crippen LogP contribution in [0.3, 0.4) is 0 Å². The van der Waals surface area contributed by atoms with E-state index in [4.69, 9.17) is 5.26 Å². The van der Waals surface area contributed by atoms with Gasteiger partial charge in [0.15, 0.2) is 6.29 Å². The second-order valence-electron chi connectivity index (χ2n) is 2.68. The lowest BCUT2D eigenvalue weighted by Crippen LogP contribution is -2.06. The monoisotopic (exact) mass is 205 g/mol. The minimum absolute atomic E-state index is 0.0819. The van der Waals surface area contributed by atoms with Gasteiger partial charge in [-0.05, 0) is 12.1 Å². The second kappa shape index (κ2) is 4.24. The average molecular weight is 205 g/mol. The summed E-state index contributed by atoms with van der Waals surface area (Å²) in [5.41, 5.74) is -0.219. The third-order valence-electron chi connectivity index (χ3n) is 1.81. The van der Waals surface area contributed by atoms with Crippen LogP contribution in [0.25, 0.3) is 0 Å². The van der Waals surface area contributed by atoms with Gasteiger partial charge >= 0.3 is 5.97 Å². The van der Waals surface area contributed by atoms with E-state index < -0.39 is 11.7 Å². The van der Waals surface area contributed by atoms with Crippen LogP contribution in [-0.4, -0.2) is 24.5 Å². The molecule has 0 aromatic heterocycles. The number of esters is 1. The van der Waals surface area contributed by atoms with E-state index in [1.807, 2.05) is 0 Å². The topological polar surface area (TPSA) is 87.4 Å². The number of nitrogens with zero attached hydrogens (tertiary/aromatic N) is 1. The highest BCUT2D eigenvalue weighted by atomic mass is 16.5. The number of carbonyl (C=O) groups excluding carboxylic acids is 2. The van der Waals surface area contributed by atoms with Crippen LogP contribution >= 0.6 is 0 Å². The molecule has 1 aromatic rings. The highest BCUT2D eigenvalue weighted by Crippen LogP contribution is 2.22. The molecular weight excluding hydrogens is 198 g/mol. The van der Waals surface area contributed by atoms with Gasteiger partial charge in [0.05, 0.1) is 29.9 Å². The van der Waals surface area contributed by atoms with Crippen molar-refractivity contribution >= 4 is 12.3 Å². The van der Waals surface area contributed by atoms with E-state index in [9.17, 15) is 14.7 Å². The Balaban J connectivity index is 3.46. The first-order valence-corrected chi connectivity index (χ1v) is 3.94. The molecule has 0 aliphatic rings. The summed E-state index contributed by atoms with van der Waals surface area (Å²) in [5, 5.41) is 18.0. The molecule has 0 saturated carbocycles. The molecule has 0 bridgehead atoms. The van der Waals surface area contributed by atoms with Gasteiger partial charge in [0.1, 0.15) is 5.75 Å². The molecule has 0 heterocycles. The van der Waals surface area contributed by atoms with Crippen molar-refractivity contribution in [3.63, 3.8) is 0 Å². The van der Waals surface area contributed by atoms with Crippen molar-refractivity contribution in [3.05, 3.63) is 28.8 Å². The number of phenolic OH excluding ortho intramolecular Hbond substituents is 1. The van der Waals surface area contributed by atoms with E-state index in [0.29, 0.717) is 6.29 Å². The highest BCUT2D eigenvalue weighted by Gasteiger charge is 2.16. The maximum absolute atomic E-state index is 11.2. The summed E-state index contributed by atoms with van der Waals surface area (Å²) in [6.45, 7) is 0. The van der Waals surface area contributed by atoms with E-state index >= 15 is 0 Å². The predicted molar refractivity (Wildman–Crippen MR) is 49.5 cm³/mol. The molecule has 0 atom stereocenters. The van der Waals surface area contributed by atoms with Crippen molar-refractivity contribution < 1.29 is 19.4 Å². The quantitative estimate of drug-likeness (QED) is 0.571. The molecule has 1 N–H and O–H groups in total. The minimum atomic E-state index is -0.774. The predicted octanol–water partition coefficient (Wildman–Crippen LogP) is 0.863. The fourth-order valence-electron chi connectivity index (χ4n) is 1.11. The van der Waals surface area contributed by atoms with Gasteiger partial charge < -0.3 is 9.84 Å². The Hall–Kier alpha value is -2.35. The average Bonchev–Trinajstić information content (AvgIpc) is 2.26. The Morgan fingerprint density at radius 1 is 1.60 bits per heavy atom. The van der Waals surface area contributed by atoms with Gasteiger partial charge in [0, 0.05) is 0 Å². The minimum Gasteiger partial charge on any atom is -0.507 e. The molecule has 1 rings (SSSR count). The van der Waals surface area contributed by atoms with E-state index in [2.05, 4.69) is 4.74 Å². The first kappa shape index (κ1) is 10.7. The number of ether oxygens (including phenoxy) is 1. The molecular formula is C10H7NO4. The first-order valence-electron chi connectivity index (χ1n) is 3.94. The molecule has 0 aliphatic carbocycles. The Bertz CT molecular complexity index is 459. The number of aromatic hydroxyl groups is 1.